The fraction of sp³-hybridized carbons (Fsp3) is 0.188. The highest BCUT2D eigenvalue weighted by Gasteiger charge is 2.17. The number of hydrogen-bond donors (Lipinski definition) is 2. The number of aliphatic carboxylic acids is 1. The molecule has 0 aliphatic carbocycles. The Morgan fingerprint density at radius 2 is 1.75 bits per heavy atom. The number of hydrogen-bond acceptors (Lipinski definition) is 6. The minimum Gasteiger partial charge on any atom is -0.481 e. The number of nitrogens with zero attached hydrogens (tertiary/aromatic N) is 1. The second-order valence-corrected chi connectivity index (χ2v) is 8.22. The summed E-state index contributed by atoms with van der Waals surface area (Å²) in [6, 6.07) is 6.27. The van der Waals surface area contributed by atoms with Gasteiger partial charge in [0.15, 0.2) is 0 Å². The van der Waals surface area contributed by atoms with Crippen molar-refractivity contribution in [3.05, 3.63) is 63.7 Å². The van der Waals surface area contributed by atoms with Crippen molar-refractivity contribution >= 4 is 33.4 Å². The molecule has 0 fully saturated rings. The first-order chi connectivity index (χ1) is 13.1. The lowest BCUT2D eigenvalue weighted by molar-refractivity contribution is -0.384. The Bertz CT molecular complexity index is 974. The third kappa shape index (κ3) is 5.71. The maximum absolute atomic E-state index is 13.9. The molecule has 0 bridgehead atoms. The SMILES string of the molecule is O=C(O)CSc1c(F)cc(CCNS(=O)(=O)c2ccc([N+](=O)[O-])cc2)cc1F. The predicted molar refractivity (Wildman–Crippen MR) is 96.7 cm³/mol. The van der Waals surface area contributed by atoms with Crippen molar-refractivity contribution in [1.29, 1.82) is 0 Å². The first-order valence-electron chi connectivity index (χ1n) is 7.67. The highest BCUT2D eigenvalue weighted by Crippen LogP contribution is 2.26. The lowest BCUT2D eigenvalue weighted by Gasteiger charge is -2.09. The zero-order valence-corrected chi connectivity index (χ0v) is 15.7. The molecule has 0 amide bonds. The van der Waals surface area contributed by atoms with Crippen LogP contribution in [0.5, 0.6) is 0 Å². The van der Waals surface area contributed by atoms with Gasteiger partial charge in [-0.3, -0.25) is 14.9 Å². The van der Waals surface area contributed by atoms with Gasteiger partial charge >= 0.3 is 5.97 Å². The number of carboxylic acid groups (broad SMARTS) is 1. The van der Waals surface area contributed by atoms with E-state index in [2.05, 4.69) is 4.72 Å². The van der Waals surface area contributed by atoms with Crippen molar-refractivity contribution < 1.29 is 32.0 Å². The van der Waals surface area contributed by atoms with Crippen molar-refractivity contribution in [2.45, 2.75) is 16.2 Å². The van der Waals surface area contributed by atoms with Crippen LogP contribution in [0.15, 0.2) is 46.2 Å². The van der Waals surface area contributed by atoms with E-state index in [1.807, 2.05) is 0 Å². The van der Waals surface area contributed by atoms with Gasteiger partial charge in [-0.1, -0.05) is 0 Å². The zero-order valence-electron chi connectivity index (χ0n) is 14.1. The second kappa shape index (κ2) is 9.08. The van der Waals surface area contributed by atoms with Gasteiger partial charge in [-0.2, -0.15) is 0 Å². The zero-order chi connectivity index (χ0) is 20.9. The molecule has 150 valence electrons. The molecule has 0 radical (unpaired) electrons. The Hall–Kier alpha value is -2.57. The van der Waals surface area contributed by atoms with Crippen LogP contribution < -0.4 is 4.72 Å². The minimum absolute atomic E-state index is 0.0239. The number of carboxylic acids is 1. The lowest BCUT2D eigenvalue weighted by atomic mass is 10.1. The number of rotatable bonds is 9. The average molecular weight is 432 g/mol. The summed E-state index contributed by atoms with van der Waals surface area (Å²) in [5.41, 5.74) is -0.0770. The Morgan fingerprint density at radius 1 is 1.18 bits per heavy atom. The Kier molecular flexibility index (Phi) is 7.05. The minimum atomic E-state index is -3.95. The van der Waals surface area contributed by atoms with Gasteiger partial charge < -0.3 is 5.11 Å². The van der Waals surface area contributed by atoms with E-state index in [0.29, 0.717) is 11.8 Å². The van der Waals surface area contributed by atoms with E-state index in [4.69, 9.17) is 5.11 Å². The van der Waals surface area contributed by atoms with E-state index in [1.165, 1.54) is 0 Å². The van der Waals surface area contributed by atoms with Gasteiger partial charge in [0.05, 0.1) is 20.5 Å². The number of nitro groups is 1. The average Bonchev–Trinajstić information content (AvgIpc) is 2.60. The summed E-state index contributed by atoms with van der Waals surface area (Å²) in [4.78, 5) is 19.8. The topological polar surface area (TPSA) is 127 Å². The van der Waals surface area contributed by atoms with Crippen LogP contribution in [0.1, 0.15) is 5.56 Å². The first-order valence-corrected chi connectivity index (χ1v) is 10.1. The summed E-state index contributed by atoms with van der Waals surface area (Å²) in [7, 11) is -3.95. The molecular formula is C16H14F2N2O6S2. The number of carbonyl (C=O) groups is 1. The maximum atomic E-state index is 13.9. The molecule has 0 saturated carbocycles. The van der Waals surface area contributed by atoms with Crippen LogP contribution in [0.3, 0.4) is 0 Å². The van der Waals surface area contributed by atoms with E-state index in [1.54, 1.807) is 0 Å². The monoisotopic (exact) mass is 432 g/mol. The molecular weight excluding hydrogens is 418 g/mol. The van der Waals surface area contributed by atoms with Crippen LogP contribution >= 0.6 is 11.8 Å². The summed E-state index contributed by atoms with van der Waals surface area (Å²) in [6.45, 7) is -0.167. The Morgan fingerprint density at radius 3 is 2.25 bits per heavy atom. The molecule has 8 nitrogen and oxygen atoms in total. The van der Waals surface area contributed by atoms with E-state index in [-0.39, 0.29) is 29.1 Å². The van der Waals surface area contributed by atoms with Crippen molar-refractivity contribution in [3.8, 4) is 0 Å². The second-order valence-electron chi connectivity index (χ2n) is 5.47. The fourth-order valence-electron chi connectivity index (χ4n) is 2.19. The van der Waals surface area contributed by atoms with E-state index in [0.717, 1.165) is 36.4 Å². The van der Waals surface area contributed by atoms with Crippen LogP contribution in [-0.2, 0) is 21.2 Å². The standard InChI is InChI=1S/C16H14F2N2O6S2/c17-13-7-10(8-14(18)16(13)27-9-15(21)22)5-6-19-28(25,26)12-3-1-11(2-4-12)20(23)24/h1-4,7-8,19H,5-6,9H2,(H,21,22). The molecule has 0 atom stereocenters. The van der Waals surface area contributed by atoms with Gasteiger partial charge in [0, 0.05) is 18.7 Å². The van der Waals surface area contributed by atoms with Crippen molar-refractivity contribution in [3.63, 3.8) is 0 Å². The number of non-ortho nitro benzene ring substituents is 1. The predicted octanol–water partition coefficient (Wildman–Crippen LogP) is 2.57. The molecule has 2 aromatic carbocycles. The van der Waals surface area contributed by atoms with Gasteiger partial charge in [-0.05, 0) is 36.2 Å². The summed E-state index contributed by atoms with van der Waals surface area (Å²) in [5, 5.41) is 19.2. The lowest BCUT2D eigenvalue weighted by Crippen LogP contribution is -2.26. The summed E-state index contributed by atoms with van der Waals surface area (Å²) in [6.07, 6.45) is -0.0239. The maximum Gasteiger partial charge on any atom is 0.313 e. The number of nitro benzene ring substituents is 1. The number of halogens is 2. The molecule has 2 N–H and O–H groups in total. The van der Waals surface area contributed by atoms with Crippen LogP contribution in [0.4, 0.5) is 14.5 Å². The van der Waals surface area contributed by atoms with E-state index < -0.39 is 43.2 Å². The van der Waals surface area contributed by atoms with E-state index >= 15 is 0 Å². The van der Waals surface area contributed by atoms with E-state index in [9.17, 15) is 32.1 Å². The third-order valence-corrected chi connectivity index (χ3v) is 6.01. The summed E-state index contributed by atoms with van der Waals surface area (Å²) >= 11 is 0.510. The van der Waals surface area contributed by atoms with Crippen molar-refractivity contribution in [2.24, 2.45) is 0 Å². The van der Waals surface area contributed by atoms with Crippen LogP contribution in [0, 0.1) is 21.7 Å². The molecule has 28 heavy (non-hydrogen) atoms. The number of sulfonamides is 1. The molecule has 0 aliphatic rings. The number of benzene rings is 2. The normalized spacial score (nSPS) is 11.4. The van der Waals surface area contributed by atoms with Crippen LogP contribution in [-0.4, -0.2) is 36.7 Å². The van der Waals surface area contributed by atoms with Gasteiger partial charge in [0.25, 0.3) is 5.69 Å². The quantitative estimate of drug-likeness (QED) is 0.354. The number of thioether (sulfide) groups is 1. The largest absolute Gasteiger partial charge is 0.481 e. The fourth-order valence-corrected chi connectivity index (χ4v) is 3.88. The molecule has 0 spiro atoms. The smallest absolute Gasteiger partial charge is 0.313 e. The molecule has 0 unspecified atom stereocenters. The first kappa shape index (κ1) is 21.7. The summed E-state index contributed by atoms with van der Waals surface area (Å²) in [5.74, 6) is -3.57. The Balaban J connectivity index is 2.02. The molecule has 2 rings (SSSR count). The molecule has 0 saturated heterocycles. The van der Waals surface area contributed by atoms with Gasteiger partial charge in [0.1, 0.15) is 11.6 Å². The van der Waals surface area contributed by atoms with Gasteiger partial charge in [-0.15, -0.1) is 11.8 Å². The highest BCUT2D eigenvalue weighted by atomic mass is 32.2. The molecule has 0 aliphatic heterocycles. The van der Waals surface area contributed by atoms with Gasteiger partial charge in [-0.25, -0.2) is 21.9 Å². The van der Waals surface area contributed by atoms with Gasteiger partial charge in [0.2, 0.25) is 10.0 Å². The van der Waals surface area contributed by atoms with Crippen molar-refractivity contribution in [1.82, 2.24) is 4.72 Å². The number of nitrogens with one attached hydrogen (secondary N) is 1. The molecule has 0 aromatic heterocycles. The van der Waals surface area contributed by atoms with Crippen LogP contribution in [0.2, 0.25) is 0 Å². The van der Waals surface area contributed by atoms with Crippen molar-refractivity contribution in [2.75, 3.05) is 12.3 Å². The Labute approximate surface area is 162 Å². The molecule has 12 heteroatoms. The molecule has 2 aromatic rings. The third-order valence-electron chi connectivity index (χ3n) is 3.46. The molecule has 0 heterocycles. The summed E-state index contributed by atoms with van der Waals surface area (Å²) < 4.78 is 54.4. The van der Waals surface area contributed by atoms with Crippen LogP contribution in [0.25, 0.3) is 0 Å². The highest BCUT2D eigenvalue weighted by molar-refractivity contribution is 8.00.